The van der Waals surface area contributed by atoms with Crippen LogP contribution >= 0.6 is 0 Å². The van der Waals surface area contributed by atoms with E-state index in [1.165, 1.54) is 7.11 Å². The zero-order chi connectivity index (χ0) is 12.9. The smallest absolute Gasteiger partial charge is 0.243 e. The molecule has 5 heteroatoms. The van der Waals surface area contributed by atoms with Crippen LogP contribution in [0.15, 0.2) is 24.3 Å². The van der Waals surface area contributed by atoms with Gasteiger partial charge in [0, 0.05) is 13.5 Å². The molecule has 98 valence electrons. The zero-order valence-corrected chi connectivity index (χ0v) is 10.4. The van der Waals surface area contributed by atoms with Gasteiger partial charge in [0.2, 0.25) is 5.91 Å². The number of amides is 1. The minimum absolute atomic E-state index is 0.174. The first kappa shape index (κ1) is 15.8. The Hall–Kier alpha value is -1.17. The third-order valence-electron chi connectivity index (χ3n) is 1.99. The Kier molecular flexibility index (Phi) is 10.5. The highest BCUT2D eigenvalue weighted by Gasteiger charge is 2.07. The fourth-order valence-electron chi connectivity index (χ4n) is 1.12. The van der Waals surface area contributed by atoms with E-state index in [0.717, 1.165) is 6.42 Å². The van der Waals surface area contributed by atoms with Gasteiger partial charge in [0.1, 0.15) is 6.79 Å². The Labute approximate surface area is 102 Å². The fraction of sp³-hybridized carbons (Fsp3) is 0.583. The summed E-state index contributed by atoms with van der Waals surface area (Å²) < 4.78 is 10.2. The first-order valence-corrected chi connectivity index (χ1v) is 5.61. The van der Waals surface area contributed by atoms with Crippen LogP contribution in [0.4, 0.5) is 0 Å². The molecule has 0 saturated carbocycles. The fourth-order valence-corrected chi connectivity index (χ4v) is 1.12. The van der Waals surface area contributed by atoms with Gasteiger partial charge >= 0.3 is 0 Å². The Morgan fingerprint density at radius 2 is 2.24 bits per heavy atom. The molecule has 0 aromatic heterocycles. The van der Waals surface area contributed by atoms with Crippen LogP contribution in [-0.2, 0) is 14.3 Å². The highest BCUT2D eigenvalue weighted by Crippen LogP contribution is 2.05. The standard InChI is InChI=1S/C12H21NO4/c1-3-4-5-6-7-11(17-10-16-2)8-9-12(14)13-15/h4-7,11,15H,3,8-10H2,1-2H3,(H,13,14)/b5-4+,7-6+/t11-/m0/s1. The number of methoxy groups -OCH3 is 1. The van der Waals surface area contributed by atoms with Crippen LogP contribution in [0.25, 0.3) is 0 Å². The molecule has 0 unspecified atom stereocenters. The minimum Gasteiger partial charge on any atom is -0.359 e. The van der Waals surface area contributed by atoms with Crippen LogP contribution in [0.2, 0.25) is 0 Å². The number of carbonyl (C=O) groups excluding carboxylic acids is 1. The molecule has 0 aliphatic rings. The Balaban J connectivity index is 4.07. The largest absolute Gasteiger partial charge is 0.359 e. The van der Waals surface area contributed by atoms with Crippen molar-refractivity contribution in [3.63, 3.8) is 0 Å². The summed E-state index contributed by atoms with van der Waals surface area (Å²) in [5.41, 5.74) is 1.59. The third kappa shape index (κ3) is 9.74. The molecule has 1 amide bonds. The molecule has 5 nitrogen and oxygen atoms in total. The lowest BCUT2D eigenvalue weighted by molar-refractivity contribution is -0.130. The Bertz CT molecular complexity index is 251. The Morgan fingerprint density at radius 3 is 2.82 bits per heavy atom. The SMILES string of the molecule is CC/C=C/C=C/[C@@H](CCC(=O)NO)OCOC. The van der Waals surface area contributed by atoms with Crippen molar-refractivity contribution in [3.05, 3.63) is 24.3 Å². The normalized spacial score (nSPS) is 13.4. The molecule has 0 fully saturated rings. The van der Waals surface area contributed by atoms with Crippen LogP contribution in [-0.4, -0.2) is 31.1 Å². The summed E-state index contributed by atoms with van der Waals surface area (Å²) in [6.07, 6.45) is 9.14. The van der Waals surface area contributed by atoms with E-state index in [0.29, 0.717) is 6.42 Å². The first-order valence-electron chi connectivity index (χ1n) is 5.61. The average molecular weight is 243 g/mol. The van der Waals surface area contributed by atoms with Gasteiger partial charge in [-0.25, -0.2) is 5.48 Å². The van der Waals surface area contributed by atoms with Gasteiger partial charge in [-0.3, -0.25) is 10.0 Å². The van der Waals surface area contributed by atoms with E-state index in [1.54, 1.807) is 5.48 Å². The van der Waals surface area contributed by atoms with Crippen molar-refractivity contribution in [1.29, 1.82) is 0 Å². The van der Waals surface area contributed by atoms with Crippen molar-refractivity contribution in [2.75, 3.05) is 13.9 Å². The van der Waals surface area contributed by atoms with Gasteiger partial charge in [-0.2, -0.15) is 0 Å². The molecule has 0 radical (unpaired) electrons. The number of rotatable bonds is 9. The van der Waals surface area contributed by atoms with Crippen molar-refractivity contribution in [2.45, 2.75) is 32.3 Å². The minimum atomic E-state index is -0.423. The zero-order valence-electron chi connectivity index (χ0n) is 10.4. The molecule has 0 saturated heterocycles. The summed E-state index contributed by atoms with van der Waals surface area (Å²) in [6, 6.07) is 0. The van der Waals surface area contributed by atoms with Crippen molar-refractivity contribution >= 4 is 5.91 Å². The molecular weight excluding hydrogens is 222 g/mol. The summed E-state index contributed by atoms with van der Waals surface area (Å²) in [4.78, 5) is 10.9. The summed E-state index contributed by atoms with van der Waals surface area (Å²) in [7, 11) is 1.54. The van der Waals surface area contributed by atoms with Crippen LogP contribution in [0, 0.1) is 0 Å². The molecule has 1 atom stereocenters. The molecule has 2 N–H and O–H groups in total. The lowest BCUT2D eigenvalue weighted by Gasteiger charge is -2.12. The second kappa shape index (κ2) is 11.3. The van der Waals surface area contributed by atoms with Crippen molar-refractivity contribution < 1.29 is 19.5 Å². The molecule has 0 spiro atoms. The number of carbonyl (C=O) groups is 1. The summed E-state index contributed by atoms with van der Waals surface area (Å²) >= 11 is 0. The maximum absolute atomic E-state index is 10.9. The molecule has 0 aromatic carbocycles. The highest BCUT2D eigenvalue weighted by molar-refractivity contribution is 5.74. The maximum Gasteiger partial charge on any atom is 0.243 e. The molecule has 0 heterocycles. The first-order chi connectivity index (χ1) is 8.24. The topological polar surface area (TPSA) is 67.8 Å². The van der Waals surface area contributed by atoms with E-state index in [4.69, 9.17) is 14.7 Å². The predicted octanol–water partition coefficient (Wildman–Crippen LogP) is 1.78. The molecular formula is C12H21NO4. The number of allylic oxidation sites excluding steroid dienone is 3. The maximum atomic E-state index is 10.9. The molecule has 0 bridgehead atoms. The van der Waals surface area contributed by atoms with Gasteiger partial charge in [-0.05, 0) is 12.8 Å². The molecule has 0 rings (SSSR count). The predicted molar refractivity (Wildman–Crippen MR) is 64.5 cm³/mol. The lowest BCUT2D eigenvalue weighted by Crippen LogP contribution is -2.21. The number of ether oxygens (including phenoxy) is 2. The second-order valence-electron chi connectivity index (χ2n) is 3.41. The van der Waals surface area contributed by atoms with Crippen LogP contribution in [0.5, 0.6) is 0 Å². The molecule has 17 heavy (non-hydrogen) atoms. The number of hydrogen-bond donors (Lipinski definition) is 2. The van der Waals surface area contributed by atoms with E-state index in [1.807, 2.05) is 24.3 Å². The molecule has 0 aromatic rings. The van der Waals surface area contributed by atoms with E-state index >= 15 is 0 Å². The van der Waals surface area contributed by atoms with Crippen molar-refractivity contribution in [3.8, 4) is 0 Å². The van der Waals surface area contributed by atoms with E-state index in [-0.39, 0.29) is 19.3 Å². The summed E-state index contributed by atoms with van der Waals surface area (Å²) in [6.45, 7) is 2.22. The third-order valence-corrected chi connectivity index (χ3v) is 1.99. The van der Waals surface area contributed by atoms with Gasteiger partial charge < -0.3 is 9.47 Å². The van der Waals surface area contributed by atoms with Crippen LogP contribution < -0.4 is 5.48 Å². The van der Waals surface area contributed by atoms with E-state index in [2.05, 4.69) is 6.92 Å². The molecule has 0 aliphatic carbocycles. The number of nitrogens with one attached hydrogen (secondary N) is 1. The second-order valence-corrected chi connectivity index (χ2v) is 3.41. The monoisotopic (exact) mass is 243 g/mol. The van der Waals surface area contributed by atoms with E-state index < -0.39 is 5.91 Å². The summed E-state index contributed by atoms with van der Waals surface area (Å²) in [5.74, 6) is -0.423. The van der Waals surface area contributed by atoms with E-state index in [9.17, 15) is 4.79 Å². The van der Waals surface area contributed by atoms with Gasteiger partial charge in [-0.15, -0.1) is 0 Å². The number of hydrogen-bond acceptors (Lipinski definition) is 4. The van der Waals surface area contributed by atoms with Crippen molar-refractivity contribution in [1.82, 2.24) is 5.48 Å². The van der Waals surface area contributed by atoms with Gasteiger partial charge in [-0.1, -0.05) is 31.2 Å². The van der Waals surface area contributed by atoms with Crippen LogP contribution in [0.1, 0.15) is 26.2 Å². The highest BCUT2D eigenvalue weighted by atomic mass is 16.7. The van der Waals surface area contributed by atoms with Crippen LogP contribution in [0.3, 0.4) is 0 Å². The summed E-state index contributed by atoms with van der Waals surface area (Å²) in [5, 5.41) is 8.38. The van der Waals surface area contributed by atoms with Crippen molar-refractivity contribution in [2.24, 2.45) is 0 Å². The quantitative estimate of drug-likeness (QED) is 0.280. The van der Waals surface area contributed by atoms with Gasteiger partial charge in [0.15, 0.2) is 0 Å². The van der Waals surface area contributed by atoms with Gasteiger partial charge in [0.25, 0.3) is 0 Å². The Morgan fingerprint density at radius 1 is 1.47 bits per heavy atom. The average Bonchev–Trinajstić information content (AvgIpc) is 2.36. The number of hydroxylamine groups is 1. The molecule has 0 aliphatic heterocycles. The van der Waals surface area contributed by atoms with Gasteiger partial charge in [0.05, 0.1) is 6.10 Å². The lowest BCUT2D eigenvalue weighted by atomic mass is 10.1.